The van der Waals surface area contributed by atoms with Crippen LogP contribution in [-0.2, 0) is 18.4 Å². The largest absolute Gasteiger partial charge is 0.334 e. The fourth-order valence-corrected chi connectivity index (χ4v) is 3.62. The maximum absolute atomic E-state index is 12.9. The first-order valence-electron chi connectivity index (χ1n) is 8.78. The Morgan fingerprint density at radius 1 is 1.27 bits per heavy atom. The fraction of sp³-hybridized carbons (Fsp3) is 0.368. The number of benzene rings is 1. The van der Waals surface area contributed by atoms with Crippen LogP contribution in [0.4, 0.5) is 0 Å². The van der Waals surface area contributed by atoms with Crippen LogP contribution >= 0.6 is 0 Å². The molecule has 7 nitrogen and oxygen atoms in total. The number of carbonyl (C=O) groups is 1. The monoisotopic (exact) mass is 351 g/mol. The standard InChI is InChI=1S/C19H21N5O2/c1-13-5-7-14(8-6-13)16-4-3-9-24(16)17(25)11-23-12-20-18-15(19(23)26)10-21-22(18)2/h5-8,10,12,16H,3-4,9,11H2,1-2H3. The minimum absolute atomic E-state index is 0.000963. The van der Waals surface area contributed by atoms with E-state index in [2.05, 4.69) is 41.3 Å². The van der Waals surface area contributed by atoms with Crippen LogP contribution in [0.1, 0.15) is 30.0 Å². The van der Waals surface area contributed by atoms with E-state index < -0.39 is 0 Å². The number of fused-ring (bicyclic) bond motifs is 1. The van der Waals surface area contributed by atoms with Crippen LogP contribution in [0.15, 0.2) is 41.6 Å². The van der Waals surface area contributed by atoms with E-state index in [1.54, 1.807) is 11.7 Å². The Bertz CT molecular complexity index is 1020. The second kappa shape index (κ2) is 6.40. The molecule has 4 rings (SSSR count). The Balaban J connectivity index is 1.58. The predicted octanol–water partition coefficient (Wildman–Crippen LogP) is 1.80. The molecule has 3 heterocycles. The SMILES string of the molecule is Cc1ccc(C2CCCN2C(=O)Cn2cnc3c(cnn3C)c2=O)cc1. The summed E-state index contributed by atoms with van der Waals surface area (Å²) in [5.74, 6) is -0.0554. The van der Waals surface area contributed by atoms with Gasteiger partial charge in [0.05, 0.1) is 12.2 Å². The third kappa shape index (κ3) is 2.79. The Kier molecular flexibility index (Phi) is 4.06. The third-order valence-electron chi connectivity index (χ3n) is 5.06. The molecule has 134 valence electrons. The van der Waals surface area contributed by atoms with Crippen molar-refractivity contribution in [2.24, 2.45) is 7.05 Å². The molecule has 0 bridgehead atoms. The minimum atomic E-state index is -0.234. The van der Waals surface area contributed by atoms with E-state index in [0.29, 0.717) is 17.6 Å². The summed E-state index contributed by atoms with van der Waals surface area (Å²) in [6.45, 7) is 2.77. The molecule has 0 saturated carbocycles. The summed E-state index contributed by atoms with van der Waals surface area (Å²) in [5.41, 5.74) is 2.64. The van der Waals surface area contributed by atoms with Crippen molar-refractivity contribution in [2.75, 3.05) is 6.54 Å². The summed E-state index contributed by atoms with van der Waals surface area (Å²) in [7, 11) is 1.74. The van der Waals surface area contributed by atoms with Crippen molar-refractivity contribution in [2.45, 2.75) is 32.4 Å². The number of likely N-dealkylation sites (tertiary alicyclic amines) is 1. The zero-order valence-corrected chi connectivity index (χ0v) is 14.9. The molecule has 1 aromatic carbocycles. The lowest BCUT2D eigenvalue weighted by atomic mass is 10.0. The molecule has 3 aromatic rings. The zero-order valence-electron chi connectivity index (χ0n) is 14.9. The van der Waals surface area contributed by atoms with Gasteiger partial charge in [0.2, 0.25) is 5.91 Å². The van der Waals surface area contributed by atoms with Crippen molar-refractivity contribution >= 4 is 16.9 Å². The normalized spacial score (nSPS) is 17.2. The number of hydrogen-bond acceptors (Lipinski definition) is 4. The molecule has 0 aliphatic carbocycles. The smallest absolute Gasteiger partial charge is 0.264 e. The van der Waals surface area contributed by atoms with Gasteiger partial charge in [0.25, 0.3) is 5.56 Å². The first-order valence-corrected chi connectivity index (χ1v) is 8.78. The van der Waals surface area contributed by atoms with E-state index in [4.69, 9.17) is 0 Å². The van der Waals surface area contributed by atoms with Gasteiger partial charge >= 0.3 is 0 Å². The van der Waals surface area contributed by atoms with Gasteiger partial charge in [-0.05, 0) is 25.3 Å². The van der Waals surface area contributed by atoms with Crippen LogP contribution in [-0.4, -0.2) is 36.7 Å². The Labute approximate surface area is 150 Å². The Morgan fingerprint density at radius 2 is 2.04 bits per heavy atom. The zero-order chi connectivity index (χ0) is 18.3. The minimum Gasteiger partial charge on any atom is -0.334 e. The average Bonchev–Trinajstić information content (AvgIpc) is 3.26. The molecule has 2 aromatic heterocycles. The number of aryl methyl sites for hydroxylation is 2. The first-order chi connectivity index (χ1) is 12.5. The number of carbonyl (C=O) groups excluding carboxylic acids is 1. The quantitative estimate of drug-likeness (QED) is 0.721. The highest BCUT2D eigenvalue weighted by molar-refractivity contribution is 5.78. The summed E-state index contributed by atoms with van der Waals surface area (Å²) >= 11 is 0. The van der Waals surface area contributed by atoms with Crippen LogP contribution in [0.25, 0.3) is 11.0 Å². The molecule has 1 aliphatic heterocycles. The molecule has 26 heavy (non-hydrogen) atoms. The van der Waals surface area contributed by atoms with E-state index in [1.807, 2.05) is 4.90 Å². The van der Waals surface area contributed by atoms with E-state index in [9.17, 15) is 9.59 Å². The highest BCUT2D eigenvalue weighted by Crippen LogP contribution is 2.32. The molecule has 1 unspecified atom stereocenters. The van der Waals surface area contributed by atoms with Gasteiger partial charge < -0.3 is 4.90 Å². The highest BCUT2D eigenvalue weighted by Gasteiger charge is 2.30. The maximum atomic E-state index is 12.9. The number of nitrogens with zero attached hydrogens (tertiary/aromatic N) is 5. The van der Waals surface area contributed by atoms with Crippen molar-refractivity contribution < 1.29 is 4.79 Å². The van der Waals surface area contributed by atoms with Crippen LogP contribution in [0.3, 0.4) is 0 Å². The fourth-order valence-electron chi connectivity index (χ4n) is 3.62. The molecule has 1 atom stereocenters. The summed E-state index contributed by atoms with van der Waals surface area (Å²) in [6, 6.07) is 8.39. The summed E-state index contributed by atoms with van der Waals surface area (Å²) in [6.07, 6.45) is 4.85. The van der Waals surface area contributed by atoms with E-state index in [-0.39, 0.29) is 24.1 Å². The topological polar surface area (TPSA) is 73.0 Å². The van der Waals surface area contributed by atoms with Crippen molar-refractivity contribution in [3.05, 3.63) is 58.3 Å². The number of rotatable bonds is 3. The Morgan fingerprint density at radius 3 is 2.81 bits per heavy atom. The van der Waals surface area contributed by atoms with Gasteiger partial charge in [0, 0.05) is 13.6 Å². The van der Waals surface area contributed by atoms with Crippen molar-refractivity contribution in [3.8, 4) is 0 Å². The van der Waals surface area contributed by atoms with E-state index in [1.165, 1.54) is 22.7 Å². The van der Waals surface area contributed by atoms with Gasteiger partial charge in [0.15, 0.2) is 5.65 Å². The molecule has 0 spiro atoms. The van der Waals surface area contributed by atoms with Crippen LogP contribution in [0, 0.1) is 6.92 Å². The predicted molar refractivity (Wildman–Crippen MR) is 97.6 cm³/mol. The number of aromatic nitrogens is 4. The van der Waals surface area contributed by atoms with Gasteiger partial charge in [0.1, 0.15) is 18.3 Å². The molecule has 0 radical (unpaired) electrons. The molecule has 7 heteroatoms. The van der Waals surface area contributed by atoms with Gasteiger partial charge in [-0.3, -0.25) is 18.8 Å². The first kappa shape index (κ1) is 16.5. The van der Waals surface area contributed by atoms with Gasteiger partial charge in [-0.2, -0.15) is 5.10 Å². The molecule has 1 saturated heterocycles. The van der Waals surface area contributed by atoms with E-state index in [0.717, 1.165) is 18.4 Å². The molecule has 0 N–H and O–H groups in total. The molecular formula is C19H21N5O2. The van der Waals surface area contributed by atoms with Crippen LogP contribution < -0.4 is 5.56 Å². The highest BCUT2D eigenvalue weighted by atomic mass is 16.2. The van der Waals surface area contributed by atoms with Crippen molar-refractivity contribution in [1.29, 1.82) is 0 Å². The lowest BCUT2D eigenvalue weighted by Crippen LogP contribution is -2.36. The molecule has 1 aliphatic rings. The van der Waals surface area contributed by atoms with Gasteiger partial charge in [-0.25, -0.2) is 4.98 Å². The van der Waals surface area contributed by atoms with Crippen LogP contribution in [0.2, 0.25) is 0 Å². The lowest BCUT2D eigenvalue weighted by Gasteiger charge is -2.25. The number of hydrogen-bond donors (Lipinski definition) is 0. The lowest BCUT2D eigenvalue weighted by molar-refractivity contribution is -0.132. The van der Waals surface area contributed by atoms with Crippen LogP contribution in [0.5, 0.6) is 0 Å². The maximum Gasteiger partial charge on any atom is 0.264 e. The summed E-state index contributed by atoms with van der Waals surface area (Å²) in [5, 5.41) is 4.49. The second-order valence-corrected chi connectivity index (χ2v) is 6.84. The third-order valence-corrected chi connectivity index (χ3v) is 5.06. The van der Waals surface area contributed by atoms with Gasteiger partial charge in [-0.15, -0.1) is 0 Å². The molecular weight excluding hydrogens is 330 g/mol. The average molecular weight is 351 g/mol. The van der Waals surface area contributed by atoms with Crippen molar-refractivity contribution in [3.63, 3.8) is 0 Å². The summed E-state index contributed by atoms with van der Waals surface area (Å²) < 4.78 is 2.92. The van der Waals surface area contributed by atoms with Crippen molar-refractivity contribution in [1.82, 2.24) is 24.2 Å². The Hall–Kier alpha value is -2.96. The number of amides is 1. The van der Waals surface area contributed by atoms with E-state index >= 15 is 0 Å². The summed E-state index contributed by atoms with van der Waals surface area (Å²) in [4.78, 5) is 31.6. The second-order valence-electron chi connectivity index (χ2n) is 6.84. The molecule has 1 amide bonds. The van der Waals surface area contributed by atoms with Gasteiger partial charge in [-0.1, -0.05) is 29.8 Å². The molecule has 1 fully saturated rings.